The minimum absolute atomic E-state index is 0.0279. The molecule has 0 bridgehead atoms. The van der Waals surface area contributed by atoms with Gasteiger partial charge in [-0.2, -0.15) is 8.78 Å². The fraction of sp³-hybridized carbons (Fsp3) is 0.474. The first-order valence-corrected chi connectivity index (χ1v) is 9.01. The third-order valence-corrected chi connectivity index (χ3v) is 5.04. The molecule has 0 N–H and O–H groups in total. The average Bonchev–Trinajstić information content (AvgIpc) is 2.88. The number of carbonyl (C=O) groups excluding carboxylic acids is 1. The quantitative estimate of drug-likeness (QED) is 0.770. The summed E-state index contributed by atoms with van der Waals surface area (Å²) in [6, 6.07) is 4.99. The lowest BCUT2D eigenvalue weighted by Gasteiger charge is -2.30. The van der Waals surface area contributed by atoms with E-state index in [1.807, 2.05) is 6.07 Å². The van der Waals surface area contributed by atoms with Gasteiger partial charge in [0, 0.05) is 18.5 Å². The minimum Gasteiger partial charge on any atom is -0.433 e. The summed E-state index contributed by atoms with van der Waals surface area (Å²) >= 11 is 0. The predicted octanol–water partition coefficient (Wildman–Crippen LogP) is 4.14. The second kappa shape index (κ2) is 7.05. The molecule has 1 aliphatic heterocycles. The highest BCUT2D eigenvalue weighted by molar-refractivity contribution is 6.07. The highest BCUT2D eigenvalue weighted by atomic mass is 19.3. The van der Waals surface area contributed by atoms with E-state index in [1.165, 1.54) is 11.0 Å². The van der Waals surface area contributed by atoms with Gasteiger partial charge in [-0.1, -0.05) is 23.7 Å². The molecule has 2 heterocycles. The number of amides is 1. The average molecular weight is 362 g/mol. The molecule has 26 heavy (non-hydrogen) atoms. The van der Waals surface area contributed by atoms with Gasteiger partial charge in [0.15, 0.2) is 5.69 Å². The molecule has 2 aromatic rings. The van der Waals surface area contributed by atoms with Crippen molar-refractivity contribution in [3.05, 3.63) is 40.8 Å². The Kier molecular flexibility index (Phi) is 4.61. The van der Waals surface area contributed by atoms with Crippen molar-refractivity contribution < 1.29 is 22.8 Å². The second-order valence-electron chi connectivity index (χ2n) is 6.70. The van der Waals surface area contributed by atoms with Crippen LogP contribution >= 0.6 is 0 Å². The van der Waals surface area contributed by atoms with E-state index < -0.39 is 6.61 Å². The number of benzene rings is 1. The summed E-state index contributed by atoms with van der Waals surface area (Å²) in [5.41, 5.74) is 2.43. The molecule has 0 unspecified atom stereocenters. The van der Waals surface area contributed by atoms with Gasteiger partial charge in [-0.05, 0) is 43.7 Å². The molecule has 0 fully saturated rings. The molecular weight excluding hydrogens is 342 g/mol. The maximum Gasteiger partial charge on any atom is 0.387 e. The maximum absolute atomic E-state index is 13.2. The first-order chi connectivity index (χ1) is 12.6. The van der Waals surface area contributed by atoms with Gasteiger partial charge in [0.2, 0.25) is 0 Å². The summed E-state index contributed by atoms with van der Waals surface area (Å²) in [6.45, 7) is -2.50. The molecule has 0 atom stereocenters. The van der Waals surface area contributed by atoms with Crippen LogP contribution in [0.15, 0.2) is 22.7 Å². The molecule has 138 valence electrons. The van der Waals surface area contributed by atoms with E-state index in [4.69, 9.17) is 4.52 Å². The summed E-state index contributed by atoms with van der Waals surface area (Å²) in [7, 11) is 0. The van der Waals surface area contributed by atoms with E-state index in [9.17, 15) is 13.6 Å². The number of fused-ring (bicyclic) bond motifs is 2. The Labute approximate surface area is 149 Å². The number of hydrogen-bond donors (Lipinski definition) is 0. The number of halogens is 2. The maximum atomic E-state index is 13.2. The van der Waals surface area contributed by atoms with Crippen LogP contribution in [0.3, 0.4) is 0 Å². The Morgan fingerprint density at radius 1 is 1.15 bits per heavy atom. The summed E-state index contributed by atoms with van der Waals surface area (Å²) in [5, 5.41) is 4.02. The van der Waals surface area contributed by atoms with E-state index in [1.54, 1.807) is 6.07 Å². The van der Waals surface area contributed by atoms with Crippen LogP contribution in [-0.4, -0.2) is 24.2 Å². The van der Waals surface area contributed by atoms with Gasteiger partial charge in [-0.3, -0.25) is 4.79 Å². The van der Waals surface area contributed by atoms with Crippen LogP contribution in [0.4, 0.5) is 14.5 Å². The Hall–Kier alpha value is -2.44. The number of hydrogen-bond acceptors (Lipinski definition) is 4. The standard InChI is InChI=1S/C19H20F2N2O3/c20-19(21)25-15-10-4-6-12-7-5-11-23(17(12)15)18(24)16-13-8-2-1-3-9-14(13)26-22-16/h4,6,10,19H,1-3,5,7-9,11H2. The van der Waals surface area contributed by atoms with Crippen molar-refractivity contribution in [2.75, 3.05) is 11.4 Å². The molecule has 7 heteroatoms. The van der Waals surface area contributed by atoms with Crippen molar-refractivity contribution in [1.29, 1.82) is 0 Å². The molecule has 1 amide bonds. The van der Waals surface area contributed by atoms with E-state index in [0.29, 0.717) is 17.9 Å². The molecule has 2 aliphatic rings. The second-order valence-corrected chi connectivity index (χ2v) is 6.70. The van der Waals surface area contributed by atoms with Gasteiger partial charge in [0.1, 0.15) is 11.5 Å². The van der Waals surface area contributed by atoms with Gasteiger partial charge in [-0.15, -0.1) is 0 Å². The van der Waals surface area contributed by atoms with Gasteiger partial charge in [0.25, 0.3) is 5.91 Å². The molecule has 1 aromatic carbocycles. The van der Waals surface area contributed by atoms with Crippen molar-refractivity contribution in [3.8, 4) is 5.75 Å². The van der Waals surface area contributed by atoms with Crippen LogP contribution < -0.4 is 9.64 Å². The largest absolute Gasteiger partial charge is 0.433 e. The lowest BCUT2D eigenvalue weighted by atomic mass is 9.99. The summed E-state index contributed by atoms with van der Waals surface area (Å²) in [4.78, 5) is 14.7. The van der Waals surface area contributed by atoms with Crippen LogP contribution in [0.2, 0.25) is 0 Å². The number of aryl methyl sites for hydroxylation is 2. The fourth-order valence-corrected chi connectivity index (χ4v) is 3.87. The number of ether oxygens (including phenoxy) is 1. The number of para-hydroxylation sites is 1. The lowest BCUT2D eigenvalue weighted by Crippen LogP contribution is -2.36. The molecule has 4 rings (SSSR count). The third-order valence-electron chi connectivity index (χ3n) is 5.04. The molecule has 1 aromatic heterocycles. The number of rotatable bonds is 3. The lowest BCUT2D eigenvalue weighted by molar-refractivity contribution is -0.0495. The van der Waals surface area contributed by atoms with Crippen molar-refractivity contribution in [2.45, 2.75) is 51.6 Å². The number of carbonyl (C=O) groups is 1. The van der Waals surface area contributed by atoms with Gasteiger partial charge < -0.3 is 14.2 Å². The SMILES string of the molecule is O=C(c1noc2c1CCCCC2)N1CCCc2cccc(OC(F)F)c21. The first kappa shape index (κ1) is 17.0. The Bertz CT molecular complexity index is 819. The minimum atomic E-state index is -2.94. The smallest absolute Gasteiger partial charge is 0.387 e. The van der Waals surface area contributed by atoms with E-state index in [0.717, 1.165) is 61.8 Å². The van der Waals surface area contributed by atoms with Gasteiger partial charge >= 0.3 is 6.61 Å². The molecule has 0 radical (unpaired) electrons. The van der Waals surface area contributed by atoms with Crippen molar-refractivity contribution >= 4 is 11.6 Å². The zero-order chi connectivity index (χ0) is 18.1. The molecule has 0 saturated carbocycles. The predicted molar refractivity (Wildman–Crippen MR) is 90.8 cm³/mol. The van der Waals surface area contributed by atoms with Crippen molar-refractivity contribution in [2.24, 2.45) is 0 Å². The van der Waals surface area contributed by atoms with Crippen LogP contribution in [-0.2, 0) is 19.3 Å². The summed E-state index contributed by atoms with van der Waals surface area (Å²) in [5.74, 6) is 0.503. The normalized spacial score (nSPS) is 16.8. The van der Waals surface area contributed by atoms with Crippen LogP contribution in [0.25, 0.3) is 0 Å². The number of nitrogens with zero attached hydrogens (tertiary/aromatic N) is 2. The molecular formula is C19H20F2N2O3. The fourth-order valence-electron chi connectivity index (χ4n) is 3.87. The molecule has 1 aliphatic carbocycles. The van der Waals surface area contributed by atoms with E-state index in [-0.39, 0.29) is 11.7 Å². The molecule has 0 spiro atoms. The van der Waals surface area contributed by atoms with Crippen LogP contribution in [0.1, 0.15) is 53.1 Å². The number of anilines is 1. The number of alkyl halides is 2. The number of aromatic nitrogens is 1. The van der Waals surface area contributed by atoms with E-state index >= 15 is 0 Å². The Balaban J connectivity index is 1.72. The molecule has 0 saturated heterocycles. The van der Waals surface area contributed by atoms with Gasteiger partial charge in [0.05, 0.1) is 5.69 Å². The highest BCUT2D eigenvalue weighted by Crippen LogP contribution is 2.38. The zero-order valence-electron chi connectivity index (χ0n) is 14.3. The summed E-state index contributed by atoms with van der Waals surface area (Å²) < 4.78 is 35.7. The molecule has 5 nitrogen and oxygen atoms in total. The van der Waals surface area contributed by atoms with E-state index in [2.05, 4.69) is 9.89 Å². The monoisotopic (exact) mass is 362 g/mol. The van der Waals surface area contributed by atoms with Crippen LogP contribution in [0.5, 0.6) is 5.75 Å². The van der Waals surface area contributed by atoms with Crippen molar-refractivity contribution in [1.82, 2.24) is 5.16 Å². The van der Waals surface area contributed by atoms with Crippen LogP contribution in [0, 0.1) is 0 Å². The first-order valence-electron chi connectivity index (χ1n) is 9.01. The topological polar surface area (TPSA) is 55.6 Å². The highest BCUT2D eigenvalue weighted by Gasteiger charge is 2.32. The zero-order valence-corrected chi connectivity index (χ0v) is 14.3. The van der Waals surface area contributed by atoms with Gasteiger partial charge in [-0.25, -0.2) is 0 Å². The third kappa shape index (κ3) is 3.06. The Morgan fingerprint density at radius 2 is 2.00 bits per heavy atom. The van der Waals surface area contributed by atoms with Crippen molar-refractivity contribution in [3.63, 3.8) is 0 Å². The Morgan fingerprint density at radius 3 is 2.85 bits per heavy atom. The summed E-state index contributed by atoms with van der Waals surface area (Å²) in [6.07, 6.45) is 6.13.